The monoisotopic (exact) mass is 365 g/mol. The summed E-state index contributed by atoms with van der Waals surface area (Å²) in [6.07, 6.45) is 6.13. The number of pyridine rings is 1. The maximum atomic E-state index is 12.6. The lowest BCUT2D eigenvalue weighted by Crippen LogP contribution is -2.31. The van der Waals surface area contributed by atoms with Gasteiger partial charge < -0.3 is 14.0 Å². The molecule has 2 aromatic heterocycles. The minimum atomic E-state index is 0.0771. The summed E-state index contributed by atoms with van der Waals surface area (Å²) < 4.78 is 7.84. The molecule has 0 aliphatic rings. The van der Waals surface area contributed by atoms with Crippen LogP contribution in [0.2, 0.25) is 0 Å². The van der Waals surface area contributed by atoms with E-state index in [9.17, 15) is 4.79 Å². The highest BCUT2D eigenvalue weighted by molar-refractivity contribution is 5.94. The lowest BCUT2D eigenvalue weighted by atomic mass is 10.2. The van der Waals surface area contributed by atoms with Crippen molar-refractivity contribution in [3.8, 4) is 5.75 Å². The quantitative estimate of drug-likeness (QED) is 0.591. The Morgan fingerprint density at radius 2 is 1.89 bits per heavy atom. The van der Waals surface area contributed by atoms with Crippen LogP contribution in [0.4, 0.5) is 0 Å². The fraction of sp³-hybridized carbons (Fsp3) is 0.364. The van der Waals surface area contributed by atoms with Gasteiger partial charge in [0.25, 0.3) is 5.91 Å². The molecule has 1 amide bonds. The predicted molar refractivity (Wildman–Crippen MR) is 107 cm³/mol. The molecule has 3 aromatic rings. The number of ether oxygens (including phenoxy) is 1. The largest absolute Gasteiger partial charge is 0.487 e. The zero-order valence-electron chi connectivity index (χ0n) is 16.3. The van der Waals surface area contributed by atoms with Gasteiger partial charge in [0.15, 0.2) is 0 Å². The summed E-state index contributed by atoms with van der Waals surface area (Å²) in [5, 5.41) is 0. The minimum absolute atomic E-state index is 0.0771. The van der Waals surface area contributed by atoms with Gasteiger partial charge in [0.1, 0.15) is 18.0 Å². The first-order valence-electron chi connectivity index (χ1n) is 9.57. The van der Waals surface area contributed by atoms with E-state index >= 15 is 0 Å². The molecule has 5 heteroatoms. The normalized spacial score (nSPS) is 10.9. The number of carbonyl (C=O) groups excluding carboxylic acids is 1. The number of rotatable bonds is 8. The Bertz CT molecular complexity index is 900. The van der Waals surface area contributed by atoms with Crippen molar-refractivity contribution in [2.45, 2.75) is 40.2 Å². The van der Waals surface area contributed by atoms with Crippen LogP contribution in [0.25, 0.3) is 5.65 Å². The second-order valence-corrected chi connectivity index (χ2v) is 6.76. The van der Waals surface area contributed by atoms with Gasteiger partial charge in [0.05, 0.1) is 5.69 Å². The average molecular weight is 365 g/mol. The molecule has 5 nitrogen and oxygen atoms in total. The highest BCUT2D eigenvalue weighted by Crippen LogP contribution is 2.16. The molecule has 3 rings (SSSR count). The first kappa shape index (κ1) is 19.0. The summed E-state index contributed by atoms with van der Waals surface area (Å²) in [7, 11) is 0. The number of hydrogen-bond donors (Lipinski definition) is 0. The highest BCUT2D eigenvalue weighted by Gasteiger charge is 2.13. The second kappa shape index (κ2) is 8.71. The van der Waals surface area contributed by atoms with E-state index < -0.39 is 0 Å². The smallest absolute Gasteiger partial charge is 0.253 e. The number of aryl methyl sites for hydroxylation is 1. The second-order valence-electron chi connectivity index (χ2n) is 6.76. The van der Waals surface area contributed by atoms with Gasteiger partial charge in [-0.1, -0.05) is 19.4 Å². The van der Waals surface area contributed by atoms with Crippen LogP contribution < -0.4 is 4.74 Å². The molecule has 0 saturated heterocycles. The van der Waals surface area contributed by atoms with Crippen LogP contribution in [-0.2, 0) is 6.61 Å². The summed E-state index contributed by atoms with van der Waals surface area (Å²) in [4.78, 5) is 19.0. The van der Waals surface area contributed by atoms with Crippen LogP contribution in [0.1, 0.15) is 48.3 Å². The third kappa shape index (κ3) is 4.67. The fourth-order valence-electron chi connectivity index (χ4n) is 3.01. The van der Waals surface area contributed by atoms with E-state index in [2.05, 4.69) is 18.8 Å². The number of benzene rings is 1. The lowest BCUT2D eigenvalue weighted by molar-refractivity contribution is 0.0762. The predicted octanol–water partition coefficient (Wildman–Crippen LogP) is 4.48. The summed E-state index contributed by atoms with van der Waals surface area (Å²) in [5.41, 5.74) is 3.67. The summed E-state index contributed by atoms with van der Waals surface area (Å²) in [6.45, 7) is 8.13. The molecule has 0 radical (unpaired) electrons. The lowest BCUT2D eigenvalue weighted by Gasteiger charge is -2.20. The molecule has 2 heterocycles. The van der Waals surface area contributed by atoms with E-state index in [-0.39, 0.29) is 5.91 Å². The number of unbranched alkanes of at least 4 members (excludes halogenated alkanes) is 1. The van der Waals surface area contributed by atoms with Crippen molar-refractivity contribution >= 4 is 11.6 Å². The topological polar surface area (TPSA) is 46.8 Å². The zero-order valence-corrected chi connectivity index (χ0v) is 16.3. The Morgan fingerprint density at radius 1 is 1.11 bits per heavy atom. The minimum Gasteiger partial charge on any atom is -0.487 e. The molecule has 0 saturated carbocycles. The van der Waals surface area contributed by atoms with Gasteiger partial charge in [0.2, 0.25) is 0 Å². The number of fused-ring (bicyclic) bond motifs is 1. The van der Waals surface area contributed by atoms with Gasteiger partial charge in [-0.25, -0.2) is 4.98 Å². The van der Waals surface area contributed by atoms with E-state index in [1.165, 1.54) is 5.56 Å². The van der Waals surface area contributed by atoms with Gasteiger partial charge in [-0.05, 0) is 56.2 Å². The first-order valence-corrected chi connectivity index (χ1v) is 9.57. The molecule has 142 valence electrons. The van der Waals surface area contributed by atoms with Crippen LogP contribution >= 0.6 is 0 Å². The molecule has 0 bridgehead atoms. The number of imidazole rings is 1. The molecule has 0 aliphatic heterocycles. The van der Waals surface area contributed by atoms with Crippen LogP contribution in [0.5, 0.6) is 5.75 Å². The van der Waals surface area contributed by atoms with Gasteiger partial charge in [0, 0.05) is 31.0 Å². The van der Waals surface area contributed by atoms with Crippen molar-refractivity contribution < 1.29 is 9.53 Å². The Hall–Kier alpha value is -2.82. The van der Waals surface area contributed by atoms with E-state index in [4.69, 9.17) is 4.74 Å². The third-order valence-corrected chi connectivity index (χ3v) is 4.59. The molecule has 0 N–H and O–H groups in total. The number of carbonyl (C=O) groups is 1. The first-order chi connectivity index (χ1) is 13.1. The Kier molecular flexibility index (Phi) is 6.12. The van der Waals surface area contributed by atoms with Crippen molar-refractivity contribution in [3.05, 3.63) is 65.6 Å². The van der Waals surface area contributed by atoms with Crippen molar-refractivity contribution in [2.75, 3.05) is 13.1 Å². The standard InChI is InChI=1S/C22H27N3O2/c1-4-6-13-24(5-2)22(26)18-8-10-20(11-9-18)27-16-19-15-25-14-17(3)7-12-21(25)23-19/h7-12,14-15H,4-6,13,16H2,1-3H3. The molecule has 0 unspecified atom stereocenters. The van der Waals surface area contributed by atoms with Crippen molar-refractivity contribution in [1.29, 1.82) is 0 Å². The third-order valence-electron chi connectivity index (χ3n) is 4.59. The van der Waals surface area contributed by atoms with Gasteiger partial charge in [-0.2, -0.15) is 0 Å². The van der Waals surface area contributed by atoms with Crippen molar-refractivity contribution in [3.63, 3.8) is 0 Å². The molecule has 0 aliphatic carbocycles. The van der Waals surface area contributed by atoms with E-state index in [0.717, 1.165) is 43.0 Å². The molecule has 0 fully saturated rings. The van der Waals surface area contributed by atoms with Crippen molar-refractivity contribution in [2.24, 2.45) is 0 Å². The Balaban J connectivity index is 1.62. The van der Waals surface area contributed by atoms with E-state index in [1.807, 2.05) is 65.0 Å². The van der Waals surface area contributed by atoms with Gasteiger partial charge in [-0.15, -0.1) is 0 Å². The number of nitrogens with zero attached hydrogens (tertiary/aromatic N) is 3. The van der Waals surface area contributed by atoms with Crippen molar-refractivity contribution in [1.82, 2.24) is 14.3 Å². The maximum Gasteiger partial charge on any atom is 0.253 e. The summed E-state index contributed by atoms with van der Waals surface area (Å²) >= 11 is 0. The molecule has 0 atom stereocenters. The van der Waals surface area contributed by atoms with Crippen LogP contribution in [0.3, 0.4) is 0 Å². The fourth-order valence-corrected chi connectivity index (χ4v) is 3.01. The molecule has 0 spiro atoms. The maximum absolute atomic E-state index is 12.6. The van der Waals surface area contributed by atoms with Crippen LogP contribution in [-0.4, -0.2) is 33.3 Å². The summed E-state index contributed by atoms with van der Waals surface area (Å²) in [6, 6.07) is 11.4. The Morgan fingerprint density at radius 3 is 2.59 bits per heavy atom. The molecule has 1 aromatic carbocycles. The SMILES string of the molecule is CCCCN(CC)C(=O)c1ccc(OCc2cn3cc(C)ccc3n2)cc1. The van der Waals surface area contributed by atoms with E-state index in [1.54, 1.807) is 0 Å². The van der Waals surface area contributed by atoms with E-state index in [0.29, 0.717) is 12.2 Å². The van der Waals surface area contributed by atoms with Gasteiger partial charge >= 0.3 is 0 Å². The number of amides is 1. The Labute approximate surface area is 160 Å². The van der Waals surface area contributed by atoms with Gasteiger partial charge in [-0.3, -0.25) is 4.79 Å². The highest BCUT2D eigenvalue weighted by atomic mass is 16.5. The van der Waals surface area contributed by atoms with Crippen LogP contribution in [0, 0.1) is 6.92 Å². The van der Waals surface area contributed by atoms with Crippen LogP contribution in [0.15, 0.2) is 48.8 Å². The molecular formula is C22H27N3O2. The molecule has 27 heavy (non-hydrogen) atoms. The zero-order chi connectivity index (χ0) is 19.2. The number of hydrogen-bond acceptors (Lipinski definition) is 3. The number of aromatic nitrogens is 2. The summed E-state index contributed by atoms with van der Waals surface area (Å²) in [5.74, 6) is 0.810. The average Bonchev–Trinajstić information content (AvgIpc) is 3.09. The molecular weight excluding hydrogens is 338 g/mol.